The van der Waals surface area contributed by atoms with Gasteiger partial charge in [-0.2, -0.15) is 5.26 Å². The van der Waals surface area contributed by atoms with E-state index in [1.54, 1.807) is 24.3 Å². The van der Waals surface area contributed by atoms with Gasteiger partial charge >= 0.3 is 5.97 Å². The molecule has 0 aromatic heterocycles. The van der Waals surface area contributed by atoms with E-state index in [0.717, 1.165) is 13.0 Å². The first kappa shape index (κ1) is 17.0. The number of benzene rings is 1. The molecule has 0 atom stereocenters. The number of hydrogen-bond donors (Lipinski definition) is 1. The fourth-order valence-corrected chi connectivity index (χ4v) is 1.80. The average Bonchev–Trinajstić information content (AvgIpc) is 2.42. The van der Waals surface area contributed by atoms with Crippen molar-refractivity contribution in [2.45, 2.75) is 6.42 Å². The van der Waals surface area contributed by atoms with E-state index in [4.69, 9.17) is 26.7 Å². The van der Waals surface area contributed by atoms with Gasteiger partial charge in [-0.1, -0.05) is 11.6 Å². The van der Waals surface area contributed by atoms with Crippen molar-refractivity contribution in [3.05, 3.63) is 34.4 Å². The Morgan fingerprint density at radius 3 is 2.81 bits per heavy atom. The maximum atomic E-state index is 10.9. The molecule has 0 saturated carbocycles. The van der Waals surface area contributed by atoms with Crippen LogP contribution in [0.1, 0.15) is 12.0 Å². The highest BCUT2D eigenvalue weighted by Gasteiger charge is 2.09. The number of rotatable bonds is 7. The van der Waals surface area contributed by atoms with E-state index >= 15 is 0 Å². The molecule has 0 spiro atoms. The van der Waals surface area contributed by atoms with Gasteiger partial charge in [0.2, 0.25) is 0 Å². The van der Waals surface area contributed by atoms with Crippen molar-refractivity contribution in [2.75, 3.05) is 27.2 Å². The van der Waals surface area contributed by atoms with E-state index in [9.17, 15) is 4.79 Å². The molecule has 6 heteroatoms. The molecule has 0 aliphatic heterocycles. The predicted octanol–water partition coefficient (Wildman–Crippen LogP) is 2.66. The van der Waals surface area contributed by atoms with Crippen LogP contribution in [0.3, 0.4) is 0 Å². The van der Waals surface area contributed by atoms with Crippen LogP contribution in [-0.4, -0.2) is 43.2 Å². The first-order valence-electron chi connectivity index (χ1n) is 6.36. The number of hydrogen-bond acceptors (Lipinski definition) is 4. The van der Waals surface area contributed by atoms with Gasteiger partial charge in [-0.3, -0.25) is 0 Å². The summed E-state index contributed by atoms with van der Waals surface area (Å²) in [6.45, 7) is 1.38. The first-order valence-corrected chi connectivity index (χ1v) is 6.74. The van der Waals surface area contributed by atoms with E-state index < -0.39 is 5.97 Å². The summed E-state index contributed by atoms with van der Waals surface area (Å²) in [5, 5.41) is 18.2. The Morgan fingerprint density at radius 1 is 1.52 bits per heavy atom. The number of ether oxygens (including phenoxy) is 1. The van der Waals surface area contributed by atoms with Gasteiger partial charge in [0.05, 0.1) is 6.61 Å². The van der Waals surface area contributed by atoms with Gasteiger partial charge in [0.25, 0.3) is 0 Å². The van der Waals surface area contributed by atoms with E-state index in [2.05, 4.69) is 0 Å². The Morgan fingerprint density at radius 2 is 2.24 bits per heavy atom. The van der Waals surface area contributed by atoms with Crippen LogP contribution >= 0.6 is 11.6 Å². The summed E-state index contributed by atoms with van der Waals surface area (Å²) < 4.78 is 5.64. The molecule has 1 N–H and O–H groups in total. The van der Waals surface area contributed by atoms with Gasteiger partial charge in [0.15, 0.2) is 0 Å². The monoisotopic (exact) mass is 308 g/mol. The Kier molecular flexibility index (Phi) is 6.73. The molecule has 0 bridgehead atoms. The van der Waals surface area contributed by atoms with E-state index in [1.807, 2.05) is 19.0 Å². The number of nitrogens with zero attached hydrogens (tertiary/aromatic N) is 2. The standard InChI is InChI=1S/C15H17ClN2O3/c1-18(2)6-3-7-21-14-5-4-13(16)9-11(14)8-12(10-17)15(19)20/h4-5,8-9H,3,6-7H2,1-2H3,(H,19,20). The zero-order chi connectivity index (χ0) is 15.8. The van der Waals surface area contributed by atoms with Crippen LogP contribution < -0.4 is 4.74 Å². The number of halogens is 1. The zero-order valence-corrected chi connectivity index (χ0v) is 12.7. The lowest BCUT2D eigenvalue weighted by Gasteiger charge is -2.12. The average molecular weight is 309 g/mol. The third-order valence-corrected chi connectivity index (χ3v) is 2.86. The smallest absolute Gasteiger partial charge is 0.346 e. The summed E-state index contributed by atoms with van der Waals surface area (Å²) in [6, 6.07) is 6.53. The second-order valence-electron chi connectivity index (χ2n) is 4.66. The molecule has 21 heavy (non-hydrogen) atoms. The molecule has 1 aromatic carbocycles. The minimum absolute atomic E-state index is 0.365. The molecule has 0 radical (unpaired) electrons. The molecule has 0 aliphatic carbocycles. The predicted molar refractivity (Wildman–Crippen MR) is 81.3 cm³/mol. The number of carbonyl (C=O) groups is 1. The van der Waals surface area contributed by atoms with Gasteiger partial charge in [-0.05, 0) is 44.8 Å². The third-order valence-electron chi connectivity index (χ3n) is 2.63. The lowest BCUT2D eigenvalue weighted by Crippen LogP contribution is -2.15. The molecule has 0 heterocycles. The molecule has 5 nitrogen and oxygen atoms in total. The molecular formula is C15H17ClN2O3. The molecular weight excluding hydrogens is 292 g/mol. The van der Waals surface area contributed by atoms with Gasteiger partial charge in [0.1, 0.15) is 17.4 Å². The Bertz CT molecular complexity index is 577. The minimum atomic E-state index is -1.28. The summed E-state index contributed by atoms with van der Waals surface area (Å²) in [4.78, 5) is 12.9. The van der Waals surface area contributed by atoms with E-state index in [1.165, 1.54) is 6.08 Å². The molecule has 0 aliphatic rings. The van der Waals surface area contributed by atoms with E-state index in [-0.39, 0.29) is 5.57 Å². The molecule has 1 rings (SSSR count). The summed E-state index contributed by atoms with van der Waals surface area (Å²) >= 11 is 5.90. The van der Waals surface area contributed by atoms with Crippen molar-refractivity contribution < 1.29 is 14.6 Å². The molecule has 0 fully saturated rings. The molecule has 0 saturated heterocycles. The normalized spacial score (nSPS) is 11.3. The van der Waals surface area contributed by atoms with Crippen molar-refractivity contribution >= 4 is 23.6 Å². The highest BCUT2D eigenvalue weighted by molar-refractivity contribution is 6.30. The van der Waals surface area contributed by atoms with Gasteiger partial charge in [0, 0.05) is 17.1 Å². The maximum absolute atomic E-state index is 10.9. The fourth-order valence-electron chi connectivity index (χ4n) is 1.62. The van der Waals surface area contributed by atoms with Crippen LogP contribution in [-0.2, 0) is 4.79 Å². The summed E-state index contributed by atoms with van der Waals surface area (Å²) in [5.74, 6) is -0.775. The van der Waals surface area contributed by atoms with Crippen molar-refractivity contribution in [2.24, 2.45) is 0 Å². The van der Waals surface area contributed by atoms with Crippen LogP contribution in [0.25, 0.3) is 6.08 Å². The summed E-state index contributed by atoms with van der Waals surface area (Å²) in [7, 11) is 3.95. The molecule has 0 unspecified atom stereocenters. The lowest BCUT2D eigenvalue weighted by atomic mass is 10.1. The van der Waals surface area contributed by atoms with Crippen LogP contribution in [0.4, 0.5) is 0 Å². The number of carboxylic acid groups (broad SMARTS) is 1. The molecule has 0 amide bonds. The molecule has 112 valence electrons. The second kappa shape index (κ2) is 8.30. The first-order chi connectivity index (χ1) is 9.93. The van der Waals surface area contributed by atoms with Crippen LogP contribution in [0.5, 0.6) is 5.75 Å². The van der Waals surface area contributed by atoms with Crippen LogP contribution in [0.15, 0.2) is 23.8 Å². The Hall–Kier alpha value is -2.03. The largest absolute Gasteiger partial charge is 0.493 e. The van der Waals surface area contributed by atoms with Gasteiger partial charge < -0.3 is 14.7 Å². The van der Waals surface area contributed by atoms with Crippen LogP contribution in [0.2, 0.25) is 5.02 Å². The fraction of sp³-hybridized carbons (Fsp3) is 0.333. The maximum Gasteiger partial charge on any atom is 0.346 e. The topological polar surface area (TPSA) is 73.6 Å². The quantitative estimate of drug-likeness (QED) is 0.476. The highest BCUT2D eigenvalue weighted by Crippen LogP contribution is 2.25. The summed E-state index contributed by atoms with van der Waals surface area (Å²) in [5.41, 5.74) is 0.113. The summed E-state index contributed by atoms with van der Waals surface area (Å²) in [6.07, 6.45) is 2.10. The Labute approximate surface area is 129 Å². The highest BCUT2D eigenvalue weighted by atomic mass is 35.5. The van der Waals surface area contributed by atoms with E-state index in [0.29, 0.717) is 22.9 Å². The SMILES string of the molecule is CN(C)CCCOc1ccc(Cl)cc1C=C(C#N)C(=O)O. The van der Waals surface area contributed by atoms with Crippen molar-refractivity contribution in [3.8, 4) is 11.8 Å². The third kappa shape index (κ3) is 5.86. The van der Waals surface area contributed by atoms with Gasteiger partial charge in [-0.15, -0.1) is 0 Å². The van der Waals surface area contributed by atoms with Crippen molar-refractivity contribution in [1.82, 2.24) is 4.90 Å². The second-order valence-corrected chi connectivity index (χ2v) is 5.10. The number of aliphatic carboxylic acids is 1. The van der Waals surface area contributed by atoms with Gasteiger partial charge in [-0.25, -0.2) is 4.79 Å². The Balaban J connectivity index is 2.90. The lowest BCUT2D eigenvalue weighted by molar-refractivity contribution is -0.132. The molecule has 1 aromatic rings. The van der Waals surface area contributed by atoms with Crippen molar-refractivity contribution in [1.29, 1.82) is 5.26 Å². The van der Waals surface area contributed by atoms with Crippen molar-refractivity contribution in [3.63, 3.8) is 0 Å². The minimum Gasteiger partial charge on any atom is -0.493 e. The number of carboxylic acids is 1. The zero-order valence-electron chi connectivity index (χ0n) is 12.0. The van der Waals surface area contributed by atoms with Crippen LogP contribution in [0, 0.1) is 11.3 Å². The number of nitriles is 1.